The fraction of sp³-hybridized carbons (Fsp3) is 0.390. The lowest BCUT2D eigenvalue weighted by atomic mass is 10.0. The van der Waals surface area contributed by atoms with Crippen LogP contribution in [-0.4, -0.2) is 89.2 Å². The highest BCUT2D eigenvalue weighted by molar-refractivity contribution is 6.24. The molecule has 2 aliphatic heterocycles. The van der Waals surface area contributed by atoms with E-state index in [1.54, 1.807) is 19.1 Å². The van der Waals surface area contributed by atoms with Crippen molar-refractivity contribution >= 4 is 51.9 Å². The molecule has 3 heterocycles. The van der Waals surface area contributed by atoms with Crippen LogP contribution in [0.15, 0.2) is 48.5 Å². The van der Waals surface area contributed by atoms with Gasteiger partial charge in [0.1, 0.15) is 23.5 Å². The van der Waals surface area contributed by atoms with Crippen molar-refractivity contribution in [3.05, 3.63) is 82.4 Å². The lowest BCUT2D eigenvalue weighted by Gasteiger charge is -2.27. The molecule has 1 saturated carbocycles. The second-order valence-electron chi connectivity index (χ2n) is 15.2. The Kier molecular flexibility index (Phi) is 11.0. The highest BCUT2D eigenvalue weighted by Gasteiger charge is 2.46. The number of piperidine rings is 1. The van der Waals surface area contributed by atoms with Crippen LogP contribution in [0.4, 0.5) is 29.1 Å². The molecule has 5 amide bonds. The Morgan fingerprint density at radius 2 is 1.80 bits per heavy atom. The summed E-state index contributed by atoms with van der Waals surface area (Å²) in [6.07, 6.45) is -2.96. The topological polar surface area (TPSA) is 172 Å². The number of fused-ring (bicyclic) bond motifs is 2. The van der Waals surface area contributed by atoms with E-state index < -0.39 is 53.3 Å². The Bertz CT molecular complexity index is 2390. The number of nitrogens with zero attached hydrogens (tertiary/aromatic N) is 4. The van der Waals surface area contributed by atoms with Crippen LogP contribution in [0.2, 0.25) is 0 Å². The lowest BCUT2D eigenvalue weighted by molar-refractivity contribution is -0.140. The zero-order valence-electron chi connectivity index (χ0n) is 32.6. The SMILES string of the molecule is COc1cc2nc(C)nc(N[C@H](C)c3cccc(C(F)(F)F)c3F)c2cc1OCC1(CN(C)CCC(=O)Nc2ccc3c(c2)C(=O)N(C2CCC(=O)NC2=O)C3=O)CC1. The molecule has 2 fully saturated rings. The smallest absolute Gasteiger partial charge is 0.419 e. The van der Waals surface area contributed by atoms with Gasteiger partial charge in [-0.15, -0.1) is 0 Å². The van der Waals surface area contributed by atoms with Crippen molar-refractivity contribution in [3.63, 3.8) is 0 Å². The third-order valence-corrected chi connectivity index (χ3v) is 10.8. The van der Waals surface area contributed by atoms with Crippen molar-refractivity contribution in [1.29, 1.82) is 0 Å². The number of aryl methyl sites for hydroxylation is 1. The average molecular weight is 820 g/mol. The molecule has 310 valence electrons. The van der Waals surface area contributed by atoms with E-state index in [1.807, 2.05) is 11.9 Å². The Labute approximate surface area is 335 Å². The molecule has 1 unspecified atom stereocenters. The van der Waals surface area contributed by atoms with Crippen LogP contribution in [0.1, 0.15) is 82.7 Å². The first-order valence-electron chi connectivity index (χ1n) is 18.9. The van der Waals surface area contributed by atoms with E-state index in [4.69, 9.17) is 9.47 Å². The second-order valence-corrected chi connectivity index (χ2v) is 15.2. The minimum Gasteiger partial charge on any atom is -0.493 e. The molecule has 59 heavy (non-hydrogen) atoms. The molecule has 18 heteroatoms. The van der Waals surface area contributed by atoms with Crippen LogP contribution in [0, 0.1) is 18.2 Å². The van der Waals surface area contributed by atoms with Gasteiger partial charge in [-0.05, 0) is 70.5 Å². The Morgan fingerprint density at radius 3 is 2.49 bits per heavy atom. The van der Waals surface area contributed by atoms with Gasteiger partial charge in [0, 0.05) is 54.0 Å². The highest BCUT2D eigenvalue weighted by Crippen LogP contribution is 2.47. The number of imide groups is 2. The minimum absolute atomic E-state index is 0.00511. The number of carbonyl (C=O) groups is 5. The summed E-state index contributed by atoms with van der Waals surface area (Å²) in [6.45, 7) is 4.52. The molecule has 2 atom stereocenters. The second kappa shape index (κ2) is 15.9. The molecular formula is C41H41F4N7O7. The molecule has 14 nitrogen and oxygen atoms in total. The quantitative estimate of drug-likeness (QED) is 0.104. The zero-order valence-corrected chi connectivity index (χ0v) is 32.6. The molecule has 0 spiro atoms. The van der Waals surface area contributed by atoms with E-state index in [9.17, 15) is 37.1 Å². The van der Waals surface area contributed by atoms with Crippen molar-refractivity contribution in [3.8, 4) is 11.5 Å². The van der Waals surface area contributed by atoms with Gasteiger partial charge in [0.25, 0.3) is 11.8 Å². The molecule has 1 aromatic heterocycles. The minimum atomic E-state index is -4.85. The number of hydrogen-bond donors (Lipinski definition) is 3. The van der Waals surface area contributed by atoms with Gasteiger partial charge in [-0.25, -0.2) is 14.4 Å². The molecule has 1 aliphatic carbocycles. The predicted molar refractivity (Wildman–Crippen MR) is 205 cm³/mol. The number of aromatic nitrogens is 2. The number of ether oxygens (including phenoxy) is 2. The molecule has 0 bridgehead atoms. The van der Waals surface area contributed by atoms with Gasteiger partial charge >= 0.3 is 6.18 Å². The first-order chi connectivity index (χ1) is 28.0. The van der Waals surface area contributed by atoms with Crippen LogP contribution in [0.25, 0.3) is 10.9 Å². The number of hydrogen-bond acceptors (Lipinski definition) is 11. The molecule has 3 N–H and O–H groups in total. The first kappa shape index (κ1) is 41.0. The number of carbonyl (C=O) groups excluding carboxylic acids is 5. The number of nitrogens with one attached hydrogen (secondary N) is 3. The summed E-state index contributed by atoms with van der Waals surface area (Å²) in [5.74, 6) is -2.72. The maximum absolute atomic E-state index is 15.0. The average Bonchev–Trinajstić information content (AvgIpc) is 3.90. The van der Waals surface area contributed by atoms with E-state index in [0.717, 1.165) is 23.8 Å². The summed E-state index contributed by atoms with van der Waals surface area (Å²) in [6, 6.07) is 8.86. The number of anilines is 2. The number of benzene rings is 3. The molecule has 1 saturated heterocycles. The normalized spacial score (nSPS) is 17.8. The maximum Gasteiger partial charge on any atom is 0.419 e. The number of methoxy groups -OCH3 is 1. The fourth-order valence-corrected chi connectivity index (χ4v) is 7.49. The van der Waals surface area contributed by atoms with Gasteiger partial charge in [0.15, 0.2) is 11.5 Å². The first-order valence-corrected chi connectivity index (χ1v) is 18.9. The molecule has 4 aromatic rings. The van der Waals surface area contributed by atoms with E-state index in [0.29, 0.717) is 59.7 Å². The zero-order chi connectivity index (χ0) is 42.4. The van der Waals surface area contributed by atoms with E-state index >= 15 is 4.39 Å². The van der Waals surface area contributed by atoms with Gasteiger partial charge in [-0.2, -0.15) is 13.2 Å². The largest absolute Gasteiger partial charge is 0.493 e. The fourth-order valence-electron chi connectivity index (χ4n) is 7.49. The summed E-state index contributed by atoms with van der Waals surface area (Å²) in [7, 11) is 3.38. The molecular weight excluding hydrogens is 778 g/mol. The Hall–Kier alpha value is -6.17. The van der Waals surface area contributed by atoms with Crippen LogP contribution in [0.5, 0.6) is 11.5 Å². The molecule has 0 radical (unpaired) electrons. The van der Waals surface area contributed by atoms with Gasteiger partial charge in [0.05, 0.1) is 42.0 Å². The third-order valence-electron chi connectivity index (χ3n) is 10.8. The van der Waals surface area contributed by atoms with Gasteiger partial charge in [-0.3, -0.25) is 34.2 Å². The highest BCUT2D eigenvalue weighted by atomic mass is 19.4. The molecule has 3 aliphatic rings. The summed E-state index contributed by atoms with van der Waals surface area (Å²) in [5.41, 5.74) is -0.784. The maximum atomic E-state index is 15.0. The molecule has 3 aromatic carbocycles. The lowest BCUT2D eigenvalue weighted by Crippen LogP contribution is -2.54. The van der Waals surface area contributed by atoms with Crippen molar-refractivity contribution < 1.29 is 51.0 Å². The van der Waals surface area contributed by atoms with Gasteiger partial charge < -0.3 is 25.0 Å². The number of rotatable bonds is 14. The van der Waals surface area contributed by atoms with Crippen molar-refractivity contribution in [2.75, 3.05) is 44.5 Å². The van der Waals surface area contributed by atoms with Gasteiger partial charge in [-0.1, -0.05) is 12.1 Å². The third kappa shape index (κ3) is 8.53. The van der Waals surface area contributed by atoms with E-state index in [1.165, 1.54) is 38.3 Å². The van der Waals surface area contributed by atoms with Crippen LogP contribution in [0.3, 0.4) is 0 Å². The van der Waals surface area contributed by atoms with Crippen molar-refractivity contribution in [2.24, 2.45) is 5.41 Å². The number of amides is 5. The van der Waals surface area contributed by atoms with Gasteiger partial charge in [0.2, 0.25) is 17.7 Å². The number of halogens is 4. The summed E-state index contributed by atoms with van der Waals surface area (Å²) < 4.78 is 67.3. The van der Waals surface area contributed by atoms with E-state index in [2.05, 4.69) is 25.9 Å². The van der Waals surface area contributed by atoms with E-state index in [-0.39, 0.29) is 53.1 Å². The molecule has 7 rings (SSSR count). The van der Waals surface area contributed by atoms with Crippen LogP contribution in [-0.2, 0) is 20.6 Å². The van der Waals surface area contributed by atoms with Crippen molar-refractivity contribution in [2.45, 2.75) is 64.2 Å². The summed E-state index contributed by atoms with van der Waals surface area (Å²) in [4.78, 5) is 75.0. The Morgan fingerprint density at radius 1 is 1.05 bits per heavy atom. The Balaban J connectivity index is 0.963. The van der Waals surface area contributed by atoms with Crippen LogP contribution >= 0.6 is 0 Å². The van der Waals surface area contributed by atoms with Crippen molar-refractivity contribution in [1.82, 2.24) is 25.1 Å². The monoisotopic (exact) mass is 819 g/mol. The number of alkyl halides is 3. The summed E-state index contributed by atoms with van der Waals surface area (Å²) in [5, 5.41) is 8.48. The predicted octanol–water partition coefficient (Wildman–Crippen LogP) is 5.80. The standard InChI is InChI=1S/C41H41F4N7O7/c1-21(24-6-5-7-28(35(24)42)41(43,44)45)46-36-27-17-32(31(58-4)18-29(27)47-22(2)48-36)59-20-40(13-14-40)19-51(3)15-12-34(54)49-23-8-9-25-26(16-23)39(57)52(38(25)56)30-10-11-33(53)50-37(30)55/h5-9,16-18,21,30H,10-15,19-20H2,1-4H3,(H,49,54)(H,46,47,48)(H,50,53,55)/t21-,30?/m1/s1. The van der Waals surface area contributed by atoms with Crippen LogP contribution < -0.4 is 25.4 Å². The summed E-state index contributed by atoms with van der Waals surface area (Å²) >= 11 is 0.